The van der Waals surface area contributed by atoms with Crippen molar-refractivity contribution < 1.29 is 9.53 Å². The number of carbonyl (C=O) groups is 1. The molecule has 5 heteroatoms. The molecular weight excluding hydrogens is 314 g/mol. The van der Waals surface area contributed by atoms with Crippen LogP contribution in [-0.4, -0.2) is 30.5 Å². The lowest BCUT2D eigenvalue weighted by Gasteiger charge is -2.33. The van der Waals surface area contributed by atoms with Crippen molar-refractivity contribution in [2.45, 2.75) is 71.4 Å². The van der Waals surface area contributed by atoms with Crippen molar-refractivity contribution in [3.63, 3.8) is 0 Å². The molecule has 1 amide bonds. The Hall–Kier alpha value is -1.52. The second kappa shape index (κ2) is 7.00. The van der Waals surface area contributed by atoms with Crippen LogP contribution in [0, 0.1) is 23.7 Å². The largest absolute Gasteiger partial charge is 0.444 e. The highest BCUT2D eigenvalue weighted by Crippen LogP contribution is 2.47. The maximum Gasteiger partial charge on any atom is 0.407 e. The van der Waals surface area contributed by atoms with Crippen LogP contribution in [0.2, 0.25) is 0 Å². The van der Waals surface area contributed by atoms with Crippen LogP contribution in [0.3, 0.4) is 0 Å². The molecule has 0 bridgehead atoms. The first kappa shape index (κ1) is 18.3. The van der Waals surface area contributed by atoms with Gasteiger partial charge in [0.1, 0.15) is 5.60 Å². The van der Waals surface area contributed by atoms with Crippen LogP contribution in [0.4, 0.5) is 4.79 Å². The van der Waals surface area contributed by atoms with E-state index in [2.05, 4.69) is 18.5 Å². The molecule has 3 saturated carbocycles. The maximum atomic E-state index is 11.7. The first-order valence-electron chi connectivity index (χ1n) is 9.72. The van der Waals surface area contributed by atoms with Gasteiger partial charge in [-0.05, 0) is 82.1 Å². The number of ether oxygens (including phenoxy) is 1. The Morgan fingerprint density at radius 2 is 1.92 bits per heavy atom. The molecule has 0 aromatic carbocycles. The molecule has 3 aliphatic rings. The number of carbonyl (C=O) groups excluding carboxylic acids is 1. The molecule has 0 radical (unpaired) electrons. The Balaban J connectivity index is 1.41. The summed E-state index contributed by atoms with van der Waals surface area (Å²) in [5.74, 6) is 2.50. The number of hydrogen-bond acceptors (Lipinski definition) is 4. The highest BCUT2D eigenvalue weighted by atomic mass is 16.6. The van der Waals surface area contributed by atoms with Gasteiger partial charge in [0.05, 0.1) is 6.04 Å². The molecule has 3 N–H and O–H groups in total. The van der Waals surface area contributed by atoms with Gasteiger partial charge in [-0.1, -0.05) is 6.92 Å². The van der Waals surface area contributed by atoms with E-state index in [1.807, 2.05) is 20.8 Å². The van der Waals surface area contributed by atoms with Crippen molar-refractivity contribution in [1.29, 1.82) is 0 Å². The van der Waals surface area contributed by atoms with E-state index >= 15 is 0 Å². The Bertz CT molecular complexity index is 566. The summed E-state index contributed by atoms with van der Waals surface area (Å²) >= 11 is 0. The molecule has 0 aromatic heterocycles. The predicted molar refractivity (Wildman–Crippen MR) is 100 cm³/mol. The number of nitrogens with two attached hydrogens (primary N) is 1. The summed E-state index contributed by atoms with van der Waals surface area (Å²) in [6.45, 7) is 8.59. The van der Waals surface area contributed by atoms with Crippen molar-refractivity contribution in [3.8, 4) is 0 Å². The zero-order chi connectivity index (χ0) is 18.2. The topological polar surface area (TPSA) is 76.7 Å². The quantitative estimate of drug-likeness (QED) is 0.720. The highest BCUT2D eigenvalue weighted by molar-refractivity contribution is 5.81. The second-order valence-electron chi connectivity index (χ2n) is 9.16. The number of nitrogens with one attached hydrogen (secondary N) is 1. The summed E-state index contributed by atoms with van der Waals surface area (Å²) in [5, 5.41) is 2.86. The Kier molecular flexibility index (Phi) is 5.12. The molecule has 2 unspecified atom stereocenters. The second-order valence-corrected chi connectivity index (χ2v) is 9.16. The molecule has 140 valence electrons. The number of amides is 1. The molecule has 0 heterocycles. The van der Waals surface area contributed by atoms with Crippen LogP contribution < -0.4 is 11.1 Å². The first-order valence-corrected chi connectivity index (χ1v) is 9.72. The van der Waals surface area contributed by atoms with Gasteiger partial charge in [0.25, 0.3) is 0 Å². The molecule has 2 atom stereocenters. The average Bonchev–Trinajstić information content (AvgIpc) is 3.34. The number of alkyl carbamates (subject to hydrolysis) is 1. The van der Waals surface area contributed by atoms with Gasteiger partial charge in [-0.2, -0.15) is 0 Å². The fourth-order valence-electron chi connectivity index (χ4n) is 3.49. The smallest absolute Gasteiger partial charge is 0.407 e. The number of rotatable bonds is 6. The monoisotopic (exact) mass is 347 g/mol. The molecule has 3 fully saturated rings. The molecule has 0 aliphatic heterocycles. The van der Waals surface area contributed by atoms with E-state index in [0.717, 1.165) is 24.5 Å². The van der Waals surface area contributed by atoms with Gasteiger partial charge in [-0.25, -0.2) is 4.79 Å². The zero-order valence-electron chi connectivity index (χ0n) is 16.0. The summed E-state index contributed by atoms with van der Waals surface area (Å²) in [4.78, 5) is 16.5. The van der Waals surface area contributed by atoms with Gasteiger partial charge in [0.2, 0.25) is 0 Å². The van der Waals surface area contributed by atoms with Crippen LogP contribution in [0.1, 0.15) is 59.8 Å². The van der Waals surface area contributed by atoms with Gasteiger partial charge in [-0.3, -0.25) is 4.99 Å². The third-order valence-electron chi connectivity index (χ3n) is 5.43. The molecule has 25 heavy (non-hydrogen) atoms. The van der Waals surface area contributed by atoms with Crippen LogP contribution in [0.15, 0.2) is 16.3 Å². The normalized spacial score (nSPS) is 32.8. The minimum atomic E-state index is -0.444. The van der Waals surface area contributed by atoms with E-state index < -0.39 is 5.60 Å². The summed E-state index contributed by atoms with van der Waals surface area (Å²) in [5.41, 5.74) is 8.32. The maximum absolute atomic E-state index is 11.7. The number of hydrogen-bond donors (Lipinski definition) is 2. The van der Waals surface area contributed by atoms with Gasteiger partial charge in [0, 0.05) is 18.5 Å². The van der Waals surface area contributed by atoms with Gasteiger partial charge >= 0.3 is 6.09 Å². The summed E-state index contributed by atoms with van der Waals surface area (Å²) in [6, 6.07) is 0.376. The van der Waals surface area contributed by atoms with Crippen LogP contribution >= 0.6 is 0 Å². The average molecular weight is 348 g/mol. The number of allylic oxidation sites excluding steroid dienone is 2. The van der Waals surface area contributed by atoms with E-state index in [9.17, 15) is 4.79 Å². The van der Waals surface area contributed by atoms with E-state index in [4.69, 9.17) is 15.5 Å². The SMILES string of the molecule is CC1CC1C(C=NC1CC(CNC(=O)OC(C)(C)C)C1)=C(N)C1CC1. The van der Waals surface area contributed by atoms with Gasteiger partial charge in [0.15, 0.2) is 0 Å². The Labute approximate surface area is 151 Å². The number of nitrogens with zero attached hydrogens (tertiary/aromatic N) is 1. The van der Waals surface area contributed by atoms with Crippen molar-refractivity contribution in [2.75, 3.05) is 6.54 Å². The Morgan fingerprint density at radius 3 is 2.44 bits per heavy atom. The molecule has 5 nitrogen and oxygen atoms in total. The van der Waals surface area contributed by atoms with E-state index in [0.29, 0.717) is 30.3 Å². The molecule has 0 aromatic rings. The zero-order valence-corrected chi connectivity index (χ0v) is 16.0. The minimum Gasteiger partial charge on any atom is -0.444 e. The van der Waals surface area contributed by atoms with Crippen LogP contribution in [0.5, 0.6) is 0 Å². The molecule has 0 spiro atoms. The van der Waals surface area contributed by atoms with E-state index in [1.165, 1.54) is 24.8 Å². The van der Waals surface area contributed by atoms with Crippen molar-refractivity contribution in [3.05, 3.63) is 11.3 Å². The molecule has 0 saturated heterocycles. The standard InChI is InChI=1S/C20H33N3O2/c1-12-7-16(12)17(18(21)14-5-6-14)11-22-15-8-13(9-15)10-23-19(24)25-20(2,3)4/h11-16H,5-10,21H2,1-4H3,(H,23,24). The summed E-state index contributed by atoms with van der Waals surface area (Å²) in [6.07, 6.45) is 7.54. The fourth-order valence-corrected chi connectivity index (χ4v) is 3.49. The lowest BCUT2D eigenvalue weighted by atomic mass is 9.80. The first-order chi connectivity index (χ1) is 11.7. The lowest BCUT2D eigenvalue weighted by molar-refractivity contribution is 0.0507. The van der Waals surface area contributed by atoms with Crippen LogP contribution in [-0.2, 0) is 4.74 Å². The van der Waals surface area contributed by atoms with Crippen LogP contribution in [0.25, 0.3) is 0 Å². The van der Waals surface area contributed by atoms with Crippen molar-refractivity contribution in [2.24, 2.45) is 34.4 Å². The highest BCUT2D eigenvalue weighted by Gasteiger charge is 2.39. The third kappa shape index (κ3) is 5.23. The van der Waals surface area contributed by atoms with Crippen molar-refractivity contribution in [1.82, 2.24) is 5.32 Å². The molecule has 3 rings (SSSR count). The number of aliphatic imine (C=N–C) groups is 1. The predicted octanol–water partition coefficient (Wildman–Crippen LogP) is 3.64. The fraction of sp³-hybridized carbons (Fsp3) is 0.800. The van der Waals surface area contributed by atoms with Crippen molar-refractivity contribution >= 4 is 12.3 Å². The summed E-state index contributed by atoms with van der Waals surface area (Å²) < 4.78 is 5.26. The third-order valence-corrected chi connectivity index (χ3v) is 5.43. The van der Waals surface area contributed by atoms with E-state index in [1.54, 1.807) is 0 Å². The Morgan fingerprint density at radius 1 is 1.28 bits per heavy atom. The summed E-state index contributed by atoms with van der Waals surface area (Å²) in [7, 11) is 0. The molecular formula is C20H33N3O2. The lowest BCUT2D eigenvalue weighted by Crippen LogP contribution is -2.40. The van der Waals surface area contributed by atoms with E-state index in [-0.39, 0.29) is 6.09 Å². The minimum absolute atomic E-state index is 0.329. The van der Waals surface area contributed by atoms with Gasteiger partial charge < -0.3 is 15.8 Å². The van der Waals surface area contributed by atoms with Gasteiger partial charge in [-0.15, -0.1) is 0 Å². The molecule has 3 aliphatic carbocycles.